The van der Waals surface area contributed by atoms with Crippen molar-refractivity contribution in [1.29, 1.82) is 0 Å². The van der Waals surface area contributed by atoms with Crippen molar-refractivity contribution in [2.45, 2.75) is 31.8 Å². The number of imidazole rings is 1. The third-order valence-electron chi connectivity index (χ3n) is 3.10. The Kier molecular flexibility index (Phi) is 3.56. The largest absolute Gasteiger partial charge is 0.480 e. The fourth-order valence-electron chi connectivity index (χ4n) is 2.20. The van der Waals surface area contributed by atoms with Gasteiger partial charge in [0.05, 0.1) is 6.33 Å². The lowest BCUT2D eigenvalue weighted by atomic mass is 10.0. The van der Waals surface area contributed by atoms with E-state index >= 15 is 0 Å². The lowest BCUT2D eigenvalue weighted by molar-refractivity contribution is -0.144. The molecule has 1 N–H and O–H groups in total. The second-order valence-corrected chi connectivity index (χ2v) is 4.19. The maximum atomic E-state index is 11.1. The molecule has 88 valence electrons. The normalized spacial score (nSPS) is 22.1. The van der Waals surface area contributed by atoms with E-state index in [1.807, 2.05) is 10.8 Å². The zero-order valence-corrected chi connectivity index (χ0v) is 9.25. The van der Waals surface area contributed by atoms with Gasteiger partial charge < -0.3 is 9.67 Å². The molecule has 0 aromatic carbocycles. The van der Waals surface area contributed by atoms with Crippen LogP contribution in [0.15, 0.2) is 18.7 Å². The molecule has 1 aromatic rings. The van der Waals surface area contributed by atoms with E-state index in [1.165, 1.54) is 0 Å². The van der Waals surface area contributed by atoms with Gasteiger partial charge >= 0.3 is 5.97 Å². The zero-order valence-electron chi connectivity index (χ0n) is 9.25. The molecule has 0 radical (unpaired) electrons. The Bertz CT molecular complexity index is 337. The van der Waals surface area contributed by atoms with Gasteiger partial charge in [0.2, 0.25) is 0 Å². The Morgan fingerprint density at radius 3 is 3.00 bits per heavy atom. The highest BCUT2D eigenvalue weighted by atomic mass is 16.4. The Hall–Kier alpha value is -1.36. The summed E-state index contributed by atoms with van der Waals surface area (Å²) in [6, 6.07) is -0.294. The number of aromatic nitrogens is 2. The van der Waals surface area contributed by atoms with Crippen molar-refractivity contribution in [3.63, 3.8) is 0 Å². The van der Waals surface area contributed by atoms with Crippen molar-refractivity contribution in [3.05, 3.63) is 18.7 Å². The molecule has 0 aliphatic carbocycles. The third kappa shape index (κ3) is 2.61. The number of likely N-dealkylation sites (tertiary alicyclic amines) is 1. The summed E-state index contributed by atoms with van der Waals surface area (Å²) < 4.78 is 1.98. The fraction of sp³-hybridized carbons (Fsp3) is 0.636. The molecule has 0 saturated carbocycles. The van der Waals surface area contributed by atoms with Crippen molar-refractivity contribution in [2.75, 3.05) is 13.1 Å². The van der Waals surface area contributed by atoms with E-state index in [0.717, 1.165) is 38.9 Å². The molecule has 1 saturated heterocycles. The Balaban J connectivity index is 1.89. The van der Waals surface area contributed by atoms with E-state index in [-0.39, 0.29) is 6.04 Å². The van der Waals surface area contributed by atoms with Gasteiger partial charge in [-0.3, -0.25) is 9.69 Å². The molecule has 1 unspecified atom stereocenters. The Morgan fingerprint density at radius 2 is 2.31 bits per heavy atom. The lowest BCUT2D eigenvalue weighted by Gasteiger charge is -2.32. The molecule has 1 aromatic heterocycles. The smallest absolute Gasteiger partial charge is 0.320 e. The predicted molar refractivity (Wildman–Crippen MR) is 59.1 cm³/mol. The molecule has 5 nitrogen and oxygen atoms in total. The average molecular weight is 223 g/mol. The van der Waals surface area contributed by atoms with Gasteiger partial charge in [0.1, 0.15) is 6.04 Å². The second kappa shape index (κ2) is 5.12. The third-order valence-corrected chi connectivity index (χ3v) is 3.10. The number of hydrogen-bond acceptors (Lipinski definition) is 3. The monoisotopic (exact) mass is 223 g/mol. The first-order valence-corrected chi connectivity index (χ1v) is 5.70. The van der Waals surface area contributed by atoms with Gasteiger partial charge in [-0.2, -0.15) is 0 Å². The number of hydrogen-bond donors (Lipinski definition) is 1. The van der Waals surface area contributed by atoms with Crippen LogP contribution in [0.5, 0.6) is 0 Å². The van der Waals surface area contributed by atoms with Crippen LogP contribution in [0.2, 0.25) is 0 Å². The standard InChI is InChI=1S/C11H17N3O2/c15-11(16)10-3-1-2-5-14(10)8-7-13-6-4-12-9-13/h4,6,9-10H,1-3,5,7-8H2,(H,15,16). The Labute approximate surface area is 94.7 Å². The number of carboxylic acids is 1. The van der Waals surface area contributed by atoms with Crippen LogP contribution in [0.25, 0.3) is 0 Å². The number of nitrogens with zero attached hydrogens (tertiary/aromatic N) is 3. The number of carboxylic acid groups (broad SMARTS) is 1. The van der Waals surface area contributed by atoms with Gasteiger partial charge in [-0.15, -0.1) is 0 Å². The predicted octanol–water partition coefficient (Wildman–Crippen LogP) is 0.822. The Morgan fingerprint density at radius 1 is 1.44 bits per heavy atom. The first-order chi connectivity index (χ1) is 7.77. The molecule has 0 bridgehead atoms. The zero-order chi connectivity index (χ0) is 11.4. The summed E-state index contributed by atoms with van der Waals surface area (Å²) in [5.74, 6) is -0.690. The number of piperidine rings is 1. The minimum Gasteiger partial charge on any atom is -0.480 e. The summed E-state index contributed by atoms with van der Waals surface area (Å²) in [7, 11) is 0. The molecule has 0 amide bonds. The number of aliphatic carboxylic acids is 1. The molecule has 5 heteroatoms. The highest BCUT2D eigenvalue weighted by molar-refractivity contribution is 5.73. The molecule has 2 rings (SSSR count). The second-order valence-electron chi connectivity index (χ2n) is 4.19. The fourth-order valence-corrected chi connectivity index (χ4v) is 2.20. The maximum Gasteiger partial charge on any atom is 0.320 e. The summed E-state index contributed by atoms with van der Waals surface area (Å²) in [5.41, 5.74) is 0. The molecule has 16 heavy (non-hydrogen) atoms. The minimum atomic E-state index is -0.690. The van der Waals surface area contributed by atoms with E-state index in [0.29, 0.717) is 0 Å². The highest BCUT2D eigenvalue weighted by Crippen LogP contribution is 2.16. The van der Waals surface area contributed by atoms with Crippen LogP contribution in [0.3, 0.4) is 0 Å². The SMILES string of the molecule is O=C(O)C1CCCCN1CCn1ccnc1. The van der Waals surface area contributed by atoms with Crippen LogP contribution < -0.4 is 0 Å². The van der Waals surface area contributed by atoms with E-state index in [2.05, 4.69) is 9.88 Å². The van der Waals surface area contributed by atoms with Crippen molar-refractivity contribution in [1.82, 2.24) is 14.5 Å². The van der Waals surface area contributed by atoms with Crippen molar-refractivity contribution in [3.8, 4) is 0 Å². The summed E-state index contributed by atoms with van der Waals surface area (Å²) in [6.07, 6.45) is 8.32. The van der Waals surface area contributed by atoms with Crippen LogP contribution in [-0.4, -0.2) is 44.7 Å². The van der Waals surface area contributed by atoms with Gasteiger partial charge in [-0.25, -0.2) is 4.98 Å². The van der Waals surface area contributed by atoms with Crippen LogP contribution in [-0.2, 0) is 11.3 Å². The summed E-state index contributed by atoms with van der Waals surface area (Å²) >= 11 is 0. The summed E-state index contributed by atoms with van der Waals surface area (Å²) in [6.45, 7) is 2.49. The number of rotatable bonds is 4. The molecule has 1 atom stereocenters. The van der Waals surface area contributed by atoms with E-state index in [9.17, 15) is 4.79 Å². The maximum absolute atomic E-state index is 11.1. The van der Waals surface area contributed by atoms with Crippen LogP contribution in [0, 0.1) is 0 Å². The van der Waals surface area contributed by atoms with Gasteiger partial charge in [-0.05, 0) is 19.4 Å². The quantitative estimate of drug-likeness (QED) is 0.821. The van der Waals surface area contributed by atoms with Gasteiger partial charge in [0.25, 0.3) is 0 Å². The minimum absolute atomic E-state index is 0.294. The topological polar surface area (TPSA) is 58.4 Å². The molecule has 2 heterocycles. The first kappa shape index (κ1) is 11.1. The molecular formula is C11H17N3O2. The van der Waals surface area contributed by atoms with Gasteiger partial charge in [-0.1, -0.05) is 6.42 Å². The summed E-state index contributed by atoms with van der Waals surface area (Å²) in [4.78, 5) is 17.1. The molecule has 0 spiro atoms. The van der Waals surface area contributed by atoms with Crippen LogP contribution in [0.4, 0.5) is 0 Å². The van der Waals surface area contributed by atoms with E-state index < -0.39 is 5.97 Å². The molecule has 1 fully saturated rings. The number of carbonyl (C=O) groups is 1. The van der Waals surface area contributed by atoms with Gasteiger partial charge in [0.15, 0.2) is 0 Å². The average Bonchev–Trinajstić information content (AvgIpc) is 2.79. The summed E-state index contributed by atoms with van der Waals surface area (Å²) in [5, 5.41) is 9.11. The highest BCUT2D eigenvalue weighted by Gasteiger charge is 2.27. The van der Waals surface area contributed by atoms with Crippen LogP contribution in [0.1, 0.15) is 19.3 Å². The van der Waals surface area contributed by atoms with Crippen molar-refractivity contribution in [2.24, 2.45) is 0 Å². The van der Waals surface area contributed by atoms with E-state index in [1.54, 1.807) is 12.5 Å². The van der Waals surface area contributed by atoms with E-state index in [4.69, 9.17) is 5.11 Å². The molecule has 1 aliphatic rings. The van der Waals surface area contributed by atoms with Crippen LogP contribution >= 0.6 is 0 Å². The van der Waals surface area contributed by atoms with Crippen molar-refractivity contribution >= 4 is 5.97 Å². The lowest BCUT2D eigenvalue weighted by Crippen LogP contribution is -2.45. The molecule has 1 aliphatic heterocycles. The van der Waals surface area contributed by atoms with Gasteiger partial charge in [0, 0.05) is 25.5 Å². The van der Waals surface area contributed by atoms with Crippen molar-refractivity contribution < 1.29 is 9.90 Å². The molecular weight excluding hydrogens is 206 g/mol. The first-order valence-electron chi connectivity index (χ1n) is 5.70.